The van der Waals surface area contributed by atoms with Crippen molar-refractivity contribution in [1.29, 1.82) is 0 Å². The summed E-state index contributed by atoms with van der Waals surface area (Å²) in [7, 11) is -3.31. The van der Waals surface area contributed by atoms with Gasteiger partial charge in [-0.3, -0.25) is 4.99 Å². The Balaban J connectivity index is 0.00000484. The van der Waals surface area contributed by atoms with Crippen molar-refractivity contribution < 1.29 is 13.2 Å². The van der Waals surface area contributed by atoms with Crippen molar-refractivity contribution >= 4 is 40.0 Å². The van der Waals surface area contributed by atoms with E-state index in [4.69, 9.17) is 10.5 Å². The second kappa shape index (κ2) is 12.3. The topological polar surface area (TPSA) is 106 Å². The second-order valence-corrected chi connectivity index (χ2v) is 7.96. The lowest BCUT2D eigenvalue weighted by Crippen LogP contribution is -2.40. The van der Waals surface area contributed by atoms with Gasteiger partial charge in [-0.15, -0.1) is 24.0 Å². The maximum absolute atomic E-state index is 11.9. The van der Waals surface area contributed by atoms with E-state index in [1.165, 1.54) is 0 Å². The van der Waals surface area contributed by atoms with Crippen molar-refractivity contribution in [1.82, 2.24) is 10.0 Å². The minimum absolute atomic E-state index is 0. The summed E-state index contributed by atoms with van der Waals surface area (Å²) in [5.74, 6) is 0.842. The standard InChI is InChI=1S/C14H30N4O3S.HI/c1-12(2)6-7-16-14(15)17-8-10-22(19,20)18-11-13-5-3-4-9-21-13;/h12-13,18H,3-11H2,1-2H3,(H3,15,16,17);1H. The zero-order valence-electron chi connectivity index (χ0n) is 14.1. The number of halogens is 1. The molecule has 0 saturated carbocycles. The molecule has 1 saturated heterocycles. The molecule has 138 valence electrons. The first-order valence-corrected chi connectivity index (χ1v) is 9.67. The molecule has 0 aromatic rings. The molecule has 7 nitrogen and oxygen atoms in total. The summed E-state index contributed by atoms with van der Waals surface area (Å²) in [5, 5.41) is 2.83. The average Bonchev–Trinajstić information content (AvgIpc) is 2.46. The lowest BCUT2D eigenvalue weighted by Gasteiger charge is -2.22. The molecule has 0 aromatic carbocycles. The molecule has 1 atom stereocenters. The van der Waals surface area contributed by atoms with E-state index in [9.17, 15) is 8.42 Å². The van der Waals surface area contributed by atoms with Crippen LogP contribution in [0, 0.1) is 5.92 Å². The zero-order chi connectivity index (χ0) is 16.4. The molecule has 4 N–H and O–H groups in total. The first-order valence-electron chi connectivity index (χ1n) is 8.02. The molecule has 1 aliphatic heterocycles. The quantitative estimate of drug-likeness (QED) is 0.270. The van der Waals surface area contributed by atoms with Crippen LogP contribution in [0.5, 0.6) is 0 Å². The van der Waals surface area contributed by atoms with Gasteiger partial charge in [0.1, 0.15) is 0 Å². The molecule has 1 aliphatic rings. The van der Waals surface area contributed by atoms with Gasteiger partial charge in [-0.1, -0.05) is 13.8 Å². The number of nitrogens with two attached hydrogens (primary N) is 1. The van der Waals surface area contributed by atoms with Crippen molar-refractivity contribution in [2.45, 2.75) is 45.6 Å². The smallest absolute Gasteiger partial charge is 0.213 e. The molecule has 1 fully saturated rings. The normalized spacial score (nSPS) is 19.4. The van der Waals surface area contributed by atoms with Crippen molar-refractivity contribution in [2.24, 2.45) is 16.6 Å². The van der Waals surface area contributed by atoms with Gasteiger partial charge in [0, 0.05) is 26.2 Å². The fourth-order valence-electron chi connectivity index (χ4n) is 2.07. The summed E-state index contributed by atoms with van der Waals surface area (Å²) in [5.41, 5.74) is 5.68. The zero-order valence-corrected chi connectivity index (χ0v) is 17.2. The van der Waals surface area contributed by atoms with Crippen LogP contribution in [-0.4, -0.2) is 52.5 Å². The highest BCUT2D eigenvalue weighted by Crippen LogP contribution is 2.11. The Morgan fingerprint density at radius 1 is 1.39 bits per heavy atom. The van der Waals surface area contributed by atoms with Gasteiger partial charge >= 0.3 is 0 Å². The molecule has 1 heterocycles. The Hall–Kier alpha value is -0.130. The van der Waals surface area contributed by atoms with E-state index in [0.29, 0.717) is 25.0 Å². The lowest BCUT2D eigenvalue weighted by atomic mass is 10.1. The van der Waals surface area contributed by atoms with Crippen LogP contribution in [0.2, 0.25) is 0 Å². The summed E-state index contributed by atoms with van der Waals surface area (Å²) in [6, 6.07) is 0. The monoisotopic (exact) mass is 462 g/mol. The second-order valence-electron chi connectivity index (χ2n) is 6.03. The largest absolute Gasteiger partial charge is 0.377 e. The van der Waals surface area contributed by atoms with Gasteiger partial charge in [0.15, 0.2) is 5.96 Å². The number of ether oxygens (including phenoxy) is 1. The van der Waals surface area contributed by atoms with Gasteiger partial charge in [0.25, 0.3) is 0 Å². The Labute approximate surface area is 157 Å². The third kappa shape index (κ3) is 12.0. The van der Waals surface area contributed by atoms with Crippen LogP contribution in [0.3, 0.4) is 0 Å². The van der Waals surface area contributed by atoms with Gasteiger partial charge in [-0.05, 0) is 31.6 Å². The maximum atomic E-state index is 11.9. The molecule has 9 heteroatoms. The predicted molar refractivity (Wildman–Crippen MR) is 105 cm³/mol. The lowest BCUT2D eigenvalue weighted by molar-refractivity contribution is 0.0200. The van der Waals surface area contributed by atoms with E-state index >= 15 is 0 Å². The van der Waals surface area contributed by atoms with Gasteiger partial charge in [0.05, 0.1) is 11.9 Å². The van der Waals surface area contributed by atoms with Gasteiger partial charge in [-0.2, -0.15) is 0 Å². The summed E-state index contributed by atoms with van der Waals surface area (Å²) in [6.07, 6.45) is 4.03. The number of hydrogen-bond donors (Lipinski definition) is 3. The maximum Gasteiger partial charge on any atom is 0.213 e. The fourth-order valence-corrected chi connectivity index (χ4v) is 3.03. The first-order chi connectivity index (χ1) is 10.4. The number of hydrogen-bond acceptors (Lipinski definition) is 4. The SMILES string of the molecule is CC(C)CCN=C(N)NCCS(=O)(=O)NCC1CCCCO1.I. The molecule has 0 amide bonds. The first kappa shape index (κ1) is 22.9. The van der Waals surface area contributed by atoms with Crippen LogP contribution in [-0.2, 0) is 14.8 Å². The van der Waals surface area contributed by atoms with Crippen molar-refractivity contribution in [3.05, 3.63) is 0 Å². The van der Waals surface area contributed by atoms with Crippen molar-refractivity contribution in [2.75, 3.05) is 32.0 Å². The molecular formula is C14H31IN4O3S. The number of nitrogens with one attached hydrogen (secondary N) is 2. The summed E-state index contributed by atoms with van der Waals surface area (Å²) in [6.45, 7) is 6.21. The highest BCUT2D eigenvalue weighted by atomic mass is 127. The third-order valence-corrected chi connectivity index (χ3v) is 4.82. The summed E-state index contributed by atoms with van der Waals surface area (Å²) in [4.78, 5) is 4.15. The van der Waals surface area contributed by atoms with Crippen LogP contribution in [0.25, 0.3) is 0 Å². The van der Waals surface area contributed by atoms with E-state index in [1.807, 2.05) is 0 Å². The molecule has 0 spiro atoms. The third-order valence-electron chi connectivity index (χ3n) is 3.47. The highest BCUT2D eigenvalue weighted by Gasteiger charge is 2.17. The van der Waals surface area contributed by atoms with E-state index in [1.54, 1.807) is 0 Å². The van der Waals surface area contributed by atoms with E-state index < -0.39 is 10.0 Å². The molecule has 0 aliphatic carbocycles. The Morgan fingerprint density at radius 2 is 2.13 bits per heavy atom. The Morgan fingerprint density at radius 3 is 2.74 bits per heavy atom. The highest BCUT2D eigenvalue weighted by molar-refractivity contribution is 14.0. The number of rotatable bonds is 9. The van der Waals surface area contributed by atoms with Crippen molar-refractivity contribution in [3.63, 3.8) is 0 Å². The average molecular weight is 462 g/mol. The minimum Gasteiger partial charge on any atom is -0.377 e. The molecule has 1 rings (SSSR count). The number of guanidine groups is 1. The summed E-state index contributed by atoms with van der Waals surface area (Å²) < 4.78 is 31.8. The van der Waals surface area contributed by atoms with Gasteiger partial charge < -0.3 is 15.8 Å². The molecular weight excluding hydrogens is 431 g/mol. The van der Waals surface area contributed by atoms with Gasteiger partial charge in [-0.25, -0.2) is 13.1 Å². The molecule has 0 bridgehead atoms. The molecule has 0 radical (unpaired) electrons. The molecule has 1 unspecified atom stereocenters. The van der Waals surface area contributed by atoms with Crippen LogP contribution in [0.1, 0.15) is 39.5 Å². The fraction of sp³-hybridized carbons (Fsp3) is 0.929. The van der Waals surface area contributed by atoms with Crippen LogP contribution >= 0.6 is 24.0 Å². The Kier molecular flexibility index (Phi) is 12.2. The number of nitrogens with zero attached hydrogens (tertiary/aromatic N) is 1. The van der Waals surface area contributed by atoms with E-state index in [0.717, 1.165) is 32.3 Å². The van der Waals surface area contributed by atoms with Gasteiger partial charge in [0.2, 0.25) is 10.0 Å². The van der Waals surface area contributed by atoms with Crippen molar-refractivity contribution in [3.8, 4) is 0 Å². The Bertz CT molecular complexity index is 437. The molecule has 23 heavy (non-hydrogen) atoms. The summed E-state index contributed by atoms with van der Waals surface area (Å²) >= 11 is 0. The predicted octanol–water partition coefficient (Wildman–Crippen LogP) is 1.04. The van der Waals surface area contributed by atoms with Crippen LogP contribution < -0.4 is 15.8 Å². The number of sulfonamides is 1. The molecule has 0 aromatic heterocycles. The van der Waals surface area contributed by atoms with E-state index in [-0.39, 0.29) is 42.4 Å². The number of aliphatic imine (C=N–C) groups is 1. The minimum atomic E-state index is -3.31. The van der Waals surface area contributed by atoms with Crippen LogP contribution in [0.4, 0.5) is 0 Å². The van der Waals surface area contributed by atoms with E-state index in [2.05, 4.69) is 28.9 Å². The van der Waals surface area contributed by atoms with Crippen LogP contribution in [0.15, 0.2) is 4.99 Å².